The van der Waals surface area contributed by atoms with Crippen molar-refractivity contribution in [2.45, 2.75) is 78.2 Å². The number of hydrogen-bond donors (Lipinski definition) is 1. The Morgan fingerprint density at radius 3 is 2.27 bits per heavy atom. The van der Waals surface area contributed by atoms with Crippen LogP contribution in [0.4, 0.5) is 4.79 Å². The topological polar surface area (TPSA) is 116 Å². The number of Topliss-reactive ketones (excluding diaryl/α,β-unsaturated/α-hetero) is 1. The third kappa shape index (κ3) is 9.41. The SMILES string of the molecule is Cc1cccc(-c2cc(C(=O)[C@H](Cc3ccccc3)C(=O)N3C(=O)OC(C)(C)[C@H]3C(C)C)oc2CCCOC[C@@H](CO)OCc2ccccc2)c1. The minimum Gasteiger partial charge on any atom is -0.457 e. The summed E-state index contributed by atoms with van der Waals surface area (Å²) in [6.07, 6.45) is -0.0774. The van der Waals surface area contributed by atoms with E-state index >= 15 is 0 Å². The van der Waals surface area contributed by atoms with Gasteiger partial charge in [0.2, 0.25) is 11.7 Å². The maximum absolute atomic E-state index is 14.4. The van der Waals surface area contributed by atoms with Crippen LogP contribution < -0.4 is 0 Å². The molecule has 2 amide bonds. The maximum Gasteiger partial charge on any atom is 0.417 e. The molecule has 9 heteroatoms. The number of carbonyl (C=O) groups is 3. The van der Waals surface area contributed by atoms with Crippen molar-refractivity contribution < 1.29 is 38.1 Å². The Balaban J connectivity index is 1.36. The van der Waals surface area contributed by atoms with Crippen molar-refractivity contribution in [2.24, 2.45) is 11.8 Å². The number of carbonyl (C=O) groups excluding carboxylic acids is 3. The number of nitrogens with zero attached hydrogens (tertiary/aromatic N) is 1. The molecule has 0 aliphatic carbocycles. The molecule has 0 bridgehead atoms. The maximum atomic E-state index is 14.4. The van der Waals surface area contributed by atoms with Crippen LogP contribution in [0.3, 0.4) is 0 Å². The van der Waals surface area contributed by atoms with Crippen molar-refractivity contribution in [3.8, 4) is 11.1 Å². The number of ketones is 1. The first-order valence-electron chi connectivity index (χ1n) is 17.7. The summed E-state index contributed by atoms with van der Waals surface area (Å²) in [7, 11) is 0. The van der Waals surface area contributed by atoms with E-state index in [-0.39, 0.29) is 31.3 Å². The third-order valence-corrected chi connectivity index (χ3v) is 9.21. The summed E-state index contributed by atoms with van der Waals surface area (Å²) in [5, 5.41) is 9.80. The normalized spacial score (nSPS) is 16.6. The monoisotopic (exact) mass is 695 g/mol. The first-order valence-corrected chi connectivity index (χ1v) is 17.7. The zero-order valence-corrected chi connectivity index (χ0v) is 30.2. The molecule has 0 radical (unpaired) electrons. The molecule has 1 aliphatic rings. The van der Waals surface area contributed by atoms with E-state index in [0.29, 0.717) is 31.8 Å². The van der Waals surface area contributed by atoms with Gasteiger partial charge in [-0.1, -0.05) is 104 Å². The van der Waals surface area contributed by atoms with E-state index in [2.05, 4.69) is 0 Å². The molecule has 9 nitrogen and oxygen atoms in total. The number of rotatable bonds is 17. The Labute approximate surface area is 300 Å². The van der Waals surface area contributed by atoms with Gasteiger partial charge in [-0.25, -0.2) is 9.69 Å². The third-order valence-electron chi connectivity index (χ3n) is 9.21. The van der Waals surface area contributed by atoms with Gasteiger partial charge in [0, 0.05) is 18.6 Å². The van der Waals surface area contributed by atoms with Crippen LogP contribution in [0.2, 0.25) is 0 Å². The summed E-state index contributed by atoms with van der Waals surface area (Å²) >= 11 is 0. The van der Waals surface area contributed by atoms with Gasteiger partial charge in [0.15, 0.2) is 5.76 Å². The van der Waals surface area contributed by atoms with Gasteiger partial charge in [-0.3, -0.25) is 9.59 Å². The fourth-order valence-corrected chi connectivity index (χ4v) is 6.85. The van der Waals surface area contributed by atoms with Gasteiger partial charge >= 0.3 is 6.09 Å². The predicted octanol–water partition coefficient (Wildman–Crippen LogP) is 7.61. The van der Waals surface area contributed by atoms with E-state index in [1.807, 2.05) is 106 Å². The van der Waals surface area contributed by atoms with Crippen LogP contribution in [0.15, 0.2) is 95.4 Å². The van der Waals surface area contributed by atoms with E-state index in [1.165, 1.54) is 0 Å². The van der Waals surface area contributed by atoms with Crippen LogP contribution in [-0.2, 0) is 38.5 Å². The Morgan fingerprint density at radius 2 is 1.63 bits per heavy atom. The van der Waals surface area contributed by atoms with Crippen LogP contribution in [0, 0.1) is 18.8 Å². The smallest absolute Gasteiger partial charge is 0.417 e. The number of amides is 2. The standard InChI is InChI=1S/C42H49NO8/c1-28(2)39-42(4,5)51-41(47)43(39)40(46)35(23-30-15-8-6-9-16-30)38(45)37-24-34(32-19-12-14-29(3)22-32)36(50-37)20-13-21-48-27-33(25-44)49-26-31-17-10-7-11-18-31/h6-12,14-19,22,24,28,33,35,39,44H,13,20-21,23,25-27H2,1-5H3/t33-,35+,39-/m1/s1. The molecule has 1 aromatic heterocycles. The molecule has 4 aromatic rings. The van der Waals surface area contributed by atoms with Gasteiger partial charge in [-0.15, -0.1) is 0 Å². The highest BCUT2D eigenvalue weighted by Crippen LogP contribution is 2.37. The molecule has 270 valence electrons. The van der Waals surface area contributed by atoms with Gasteiger partial charge in [-0.05, 0) is 62.3 Å². The number of aliphatic hydroxyl groups excluding tert-OH is 1. The Hall–Kier alpha value is -4.57. The van der Waals surface area contributed by atoms with Crippen molar-refractivity contribution in [3.05, 3.63) is 119 Å². The minimum absolute atomic E-state index is 0.0549. The van der Waals surface area contributed by atoms with Crippen molar-refractivity contribution in [2.75, 3.05) is 19.8 Å². The van der Waals surface area contributed by atoms with Crippen molar-refractivity contribution in [3.63, 3.8) is 0 Å². The molecule has 1 N–H and O–H groups in total. The number of aliphatic hydroxyl groups is 1. The van der Waals surface area contributed by atoms with Crippen molar-refractivity contribution in [1.82, 2.24) is 4.90 Å². The van der Waals surface area contributed by atoms with Crippen LogP contribution >= 0.6 is 0 Å². The summed E-state index contributed by atoms with van der Waals surface area (Å²) < 4.78 is 23.7. The van der Waals surface area contributed by atoms with E-state index in [0.717, 1.165) is 32.7 Å². The highest BCUT2D eigenvalue weighted by molar-refractivity contribution is 6.12. The molecule has 5 rings (SSSR count). The van der Waals surface area contributed by atoms with E-state index in [4.69, 9.17) is 18.6 Å². The number of furan rings is 1. The molecule has 0 saturated carbocycles. The summed E-state index contributed by atoms with van der Waals surface area (Å²) in [5.41, 5.74) is 3.58. The van der Waals surface area contributed by atoms with Gasteiger partial charge < -0.3 is 23.7 Å². The van der Waals surface area contributed by atoms with E-state index in [1.54, 1.807) is 19.9 Å². The predicted molar refractivity (Wildman–Crippen MR) is 194 cm³/mol. The Kier molecular flexibility index (Phi) is 12.6. The van der Waals surface area contributed by atoms with Crippen molar-refractivity contribution >= 4 is 17.8 Å². The number of hydrogen-bond acceptors (Lipinski definition) is 8. The molecular weight excluding hydrogens is 646 g/mol. The number of imide groups is 1. The molecule has 0 unspecified atom stereocenters. The average molecular weight is 696 g/mol. The minimum atomic E-state index is -1.21. The molecule has 1 saturated heterocycles. The van der Waals surface area contributed by atoms with Crippen LogP contribution in [0.5, 0.6) is 0 Å². The fraction of sp³-hybridized carbons (Fsp3) is 0.405. The lowest BCUT2D eigenvalue weighted by atomic mass is 9.86. The summed E-state index contributed by atoms with van der Waals surface area (Å²) in [6, 6.07) is 28.1. The lowest BCUT2D eigenvalue weighted by Gasteiger charge is -2.32. The number of cyclic esters (lactones) is 1. The first kappa shape index (κ1) is 37.7. The quantitative estimate of drug-likeness (QED) is 0.0682. The van der Waals surface area contributed by atoms with Crippen LogP contribution in [-0.4, -0.2) is 65.4 Å². The molecule has 2 heterocycles. The average Bonchev–Trinajstić information content (AvgIpc) is 3.65. The Morgan fingerprint density at radius 1 is 0.941 bits per heavy atom. The van der Waals surface area contributed by atoms with Crippen molar-refractivity contribution in [1.29, 1.82) is 0 Å². The second-order valence-electron chi connectivity index (χ2n) is 14.1. The van der Waals surface area contributed by atoms with Crippen LogP contribution in [0.1, 0.15) is 67.1 Å². The molecule has 1 aliphatic heterocycles. The lowest BCUT2D eigenvalue weighted by molar-refractivity contribution is -0.133. The summed E-state index contributed by atoms with van der Waals surface area (Å²) in [6.45, 7) is 10.2. The van der Waals surface area contributed by atoms with E-state index in [9.17, 15) is 19.5 Å². The second-order valence-corrected chi connectivity index (χ2v) is 14.1. The van der Waals surface area contributed by atoms with Gasteiger partial charge in [0.25, 0.3) is 0 Å². The highest BCUT2D eigenvalue weighted by atomic mass is 16.6. The van der Waals surface area contributed by atoms with E-state index < -0.39 is 41.4 Å². The zero-order chi connectivity index (χ0) is 36.5. The number of benzene rings is 3. The lowest BCUT2D eigenvalue weighted by Crippen LogP contribution is -2.51. The highest BCUT2D eigenvalue weighted by Gasteiger charge is 2.54. The zero-order valence-electron chi connectivity index (χ0n) is 30.2. The number of aryl methyl sites for hydroxylation is 2. The molecule has 1 fully saturated rings. The first-order chi connectivity index (χ1) is 24.5. The number of ether oxygens (including phenoxy) is 3. The molecule has 51 heavy (non-hydrogen) atoms. The molecule has 3 aromatic carbocycles. The largest absolute Gasteiger partial charge is 0.457 e. The Bertz CT molecular complexity index is 1760. The van der Waals surface area contributed by atoms with Crippen LogP contribution in [0.25, 0.3) is 11.1 Å². The molecular formula is C42H49NO8. The summed E-state index contributed by atoms with van der Waals surface area (Å²) in [4.78, 5) is 43.1. The fourth-order valence-electron chi connectivity index (χ4n) is 6.85. The summed E-state index contributed by atoms with van der Waals surface area (Å²) in [5.74, 6) is -1.76. The van der Waals surface area contributed by atoms with Gasteiger partial charge in [-0.2, -0.15) is 0 Å². The van der Waals surface area contributed by atoms with Gasteiger partial charge in [0.1, 0.15) is 23.4 Å². The second kappa shape index (κ2) is 17.1. The van der Waals surface area contributed by atoms with Gasteiger partial charge in [0.05, 0.1) is 25.9 Å². The molecule has 3 atom stereocenters. The molecule has 0 spiro atoms.